The van der Waals surface area contributed by atoms with Crippen molar-refractivity contribution in [1.29, 1.82) is 0 Å². The third kappa shape index (κ3) is 3.00. The smallest absolute Gasteiger partial charge is 0.356 e. The van der Waals surface area contributed by atoms with E-state index in [0.29, 0.717) is 31.8 Å². The van der Waals surface area contributed by atoms with Gasteiger partial charge in [-0.25, -0.2) is 4.79 Å². The lowest BCUT2D eigenvalue weighted by molar-refractivity contribution is -0.136. The van der Waals surface area contributed by atoms with Crippen LogP contribution in [0.4, 0.5) is 0 Å². The van der Waals surface area contributed by atoms with Crippen LogP contribution >= 0.6 is 0 Å². The molecule has 22 heavy (non-hydrogen) atoms. The second-order valence-corrected chi connectivity index (χ2v) is 5.64. The number of carbonyl (C=O) groups excluding carboxylic acids is 2. The number of rotatable bonds is 5. The summed E-state index contributed by atoms with van der Waals surface area (Å²) in [5.41, 5.74) is 2.21. The lowest BCUT2D eigenvalue weighted by atomic mass is 9.98. The number of hydrogen-bond acceptors (Lipinski definition) is 4. The van der Waals surface area contributed by atoms with E-state index in [1.807, 2.05) is 18.7 Å². The molecule has 1 amide bonds. The van der Waals surface area contributed by atoms with Crippen LogP contribution < -0.4 is 0 Å². The van der Waals surface area contributed by atoms with Gasteiger partial charge in [0.1, 0.15) is 0 Å². The molecule has 6 heteroatoms. The van der Waals surface area contributed by atoms with E-state index in [-0.39, 0.29) is 17.8 Å². The van der Waals surface area contributed by atoms with E-state index in [9.17, 15) is 9.59 Å². The fraction of sp³-hybridized carbons (Fsp3) is 0.688. The van der Waals surface area contributed by atoms with Gasteiger partial charge in [-0.3, -0.25) is 9.48 Å². The third-order valence-electron chi connectivity index (χ3n) is 4.31. The molecule has 122 valence electrons. The summed E-state index contributed by atoms with van der Waals surface area (Å²) in [5.74, 6) is -0.130. The number of aryl methyl sites for hydroxylation is 1. The van der Waals surface area contributed by atoms with E-state index in [2.05, 4.69) is 5.10 Å². The molecule has 0 fully saturated rings. The molecule has 1 aromatic rings. The number of hydrogen-bond donors (Lipinski definition) is 0. The lowest BCUT2D eigenvalue weighted by Gasteiger charge is -2.29. The topological polar surface area (TPSA) is 64.4 Å². The highest BCUT2D eigenvalue weighted by molar-refractivity contribution is 5.90. The molecular formula is C16H25N3O3. The first-order valence-electron chi connectivity index (χ1n) is 8.04. The summed E-state index contributed by atoms with van der Waals surface area (Å²) in [4.78, 5) is 26.6. The number of amides is 1. The first kappa shape index (κ1) is 16.5. The number of aromatic nitrogens is 2. The summed E-state index contributed by atoms with van der Waals surface area (Å²) >= 11 is 0. The van der Waals surface area contributed by atoms with Crippen molar-refractivity contribution in [2.75, 3.05) is 13.2 Å². The van der Waals surface area contributed by atoms with Gasteiger partial charge in [0.15, 0.2) is 5.69 Å². The third-order valence-corrected chi connectivity index (χ3v) is 4.31. The van der Waals surface area contributed by atoms with Crippen LogP contribution in [0.15, 0.2) is 0 Å². The second kappa shape index (κ2) is 6.94. The Balaban J connectivity index is 2.25. The molecule has 2 rings (SSSR count). The molecule has 1 aromatic heterocycles. The van der Waals surface area contributed by atoms with Gasteiger partial charge in [-0.2, -0.15) is 5.10 Å². The fourth-order valence-corrected chi connectivity index (χ4v) is 3.04. The fourth-order valence-electron chi connectivity index (χ4n) is 3.04. The molecule has 0 unspecified atom stereocenters. The molecular weight excluding hydrogens is 282 g/mol. The van der Waals surface area contributed by atoms with Crippen LogP contribution in [0.25, 0.3) is 0 Å². The largest absolute Gasteiger partial charge is 0.461 e. The maximum absolute atomic E-state index is 12.6. The van der Waals surface area contributed by atoms with Crippen LogP contribution in [-0.2, 0) is 29.5 Å². The Kier molecular flexibility index (Phi) is 5.21. The van der Waals surface area contributed by atoms with Gasteiger partial charge in [0, 0.05) is 38.0 Å². The first-order valence-corrected chi connectivity index (χ1v) is 8.04. The van der Waals surface area contributed by atoms with Crippen LogP contribution in [0.2, 0.25) is 0 Å². The minimum atomic E-state index is -0.365. The summed E-state index contributed by atoms with van der Waals surface area (Å²) in [6.45, 7) is 7.30. The molecule has 2 heterocycles. The van der Waals surface area contributed by atoms with Crippen LogP contribution in [0, 0.1) is 5.92 Å². The van der Waals surface area contributed by atoms with E-state index in [1.165, 1.54) is 0 Å². The quantitative estimate of drug-likeness (QED) is 0.780. The van der Waals surface area contributed by atoms with E-state index < -0.39 is 0 Å². The molecule has 6 nitrogen and oxygen atoms in total. The normalized spacial score (nSPS) is 14.1. The highest BCUT2D eigenvalue weighted by atomic mass is 16.5. The second-order valence-electron chi connectivity index (χ2n) is 5.64. The summed E-state index contributed by atoms with van der Waals surface area (Å²) in [5, 5.41) is 4.41. The maximum Gasteiger partial charge on any atom is 0.356 e. The zero-order chi connectivity index (χ0) is 16.3. The molecule has 0 aromatic carbocycles. The van der Waals surface area contributed by atoms with Crippen molar-refractivity contribution in [2.24, 2.45) is 13.0 Å². The zero-order valence-electron chi connectivity index (χ0n) is 13.9. The average Bonchev–Trinajstić information content (AvgIpc) is 2.83. The summed E-state index contributed by atoms with van der Waals surface area (Å²) in [6.07, 6.45) is 2.38. The van der Waals surface area contributed by atoms with Crippen molar-refractivity contribution < 1.29 is 14.3 Å². The van der Waals surface area contributed by atoms with Crippen molar-refractivity contribution in [2.45, 2.75) is 46.6 Å². The molecule has 0 atom stereocenters. The molecule has 0 spiro atoms. The molecule has 0 saturated heterocycles. The minimum Gasteiger partial charge on any atom is -0.461 e. The molecule has 1 aliphatic heterocycles. The van der Waals surface area contributed by atoms with Crippen LogP contribution in [0.3, 0.4) is 0 Å². The predicted molar refractivity (Wildman–Crippen MR) is 82.4 cm³/mol. The Morgan fingerprint density at radius 3 is 2.55 bits per heavy atom. The van der Waals surface area contributed by atoms with Crippen LogP contribution in [0.1, 0.15) is 55.4 Å². The molecule has 0 N–H and O–H groups in total. The summed E-state index contributed by atoms with van der Waals surface area (Å²) < 4.78 is 6.69. The van der Waals surface area contributed by atoms with Gasteiger partial charge in [0.2, 0.25) is 5.91 Å². The Morgan fingerprint density at radius 1 is 1.27 bits per heavy atom. The highest BCUT2D eigenvalue weighted by Crippen LogP contribution is 2.25. The number of esters is 1. The van der Waals surface area contributed by atoms with Crippen LogP contribution in [-0.4, -0.2) is 39.7 Å². The molecule has 0 aliphatic carbocycles. The van der Waals surface area contributed by atoms with Crippen molar-refractivity contribution in [3.05, 3.63) is 17.0 Å². The first-order chi connectivity index (χ1) is 10.5. The molecule has 0 saturated carbocycles. The number of ether oxygens (including phenoxy) is 1. The van der Waals surface area contributed by atoms with Gasteiger partial charge >= 0.3 is 5.97 Å². The van der Waals surface area contributed by atoms with Gasteiger partial charge in [-0.05, 0) is 19.8 Å². The number of fused-ring (bicyclic) bond motifs is 1. The Hall–Kier alpha value is -1.85. The SMILES string of the molecule is CCOC(=O)c1c2c(nn1C)CCN(C(=O)C(CC)CC)C2. The van der Waals surface area contributed by atoms with E-state index >= 15 is 0 Å². The van der Waals surface area contributed by atoms with E-state index in [1.54, 1.807) is 18.7 Å². The van der Waals surface area contributed by atoms with Crippen LogP contribution in [0.5, 0.6) is 0 Å². The predicted octanol–water partition coefficient (Wildman–Crippen LogP) is 1.92. The van der Waals surface area contributed by atoms with Gasteiger partial charge in [0.25, 0.3) is 0 Å². The molecule has 0 bridgehead atoms. The van der Waals surface area contributed by atoms with E-state index in [0.717, 1.165) is 24.1 Å². The van der Waals surface area contributed by atoms with Crippen molar-refractivity contribution in [1.82, 2.24) is 14.7 Å². The van der Waals surface area contributed by atoms with Gasteiger partial charge in [-0.1, -0.05) is 13.8 Å². The molecule has 1 aliphatic rings. The standard InChI is InChI=1S/C16H25N3O3/c1-5-11(6-2)15(20)19-9-8-13-12(10-19)14(18(4)17-13)16(21)22-7-3/h11H,5-10H2,1-4H3. The van der Waals surface area contributed by atoms with Gasteiger partial charge in [-0.15, -0.1) is 0 Å². The van der Waals surface area contributed by atoms with Crippen molar-refractivity contribution >= 4 is 11.9 Å². The van der Waals surface area contributed by atoms with Gasteiger partial charge < -0.3 is 9.64 Å². The summed E-state index contributed by atoms with van der Waals surface area (Å²) in [6, 6.07) is 0. The Bertz CT molecular complexity index is 561. The monoisotopic (exact) mass is 307 g/mol. The van der Waals surface area contributed by atoms with Crippen molar-refractivity contribution in [3.8, 4) is 0 Å². The number of nitrogens with zero attached hydrogens (tertiary/aromatic N) is 3. The van der Waals surface area contributed by atoms with Gasteiger partial charge in [0.05, 0.1) is 12.3 Å². The highest BCUT2D eigenvalue weighted by Gasteiger charge is 2.31. The van der Waals surface area contributed by atoms with E-state index in [4.69, 9.17) is 4.74 Å². The number of carbonyl (C=O) groups is 2. The lowest BCUT2D eigenvalue weighted by Crippen LogP contribution is -2.39. The maximum atomic E-state index is 12.6. The Labute approximate surface area is 131 Å². The summed E-state index contributed by atoms with van der Waals surface area (Å²) in [7, 11) is 1.75. The average molecular weight is 307 g/mol. The minimum absolute atomic E-state index is 0.0595. The zero-order valence-corrected chi connectivity index (χ0v) is 13.9. The van der Waals surface area contributed by atoms with Crippen molar-refractivity contribution in [3.63, 3.8) is 0 Å². The Morgan fingerprint density at radius 2 is 1.95 bits per heavy atom. The molecule has 0 radical (unpaired) electrons.